The Bertz CT molecular complexity index is 471. The van der Waals surface area contributed by atoms with Gasteiger partial charge in [-0.2, -0.15) is 5.10 Å². The van der Waals surface area contributed by atoms with E-state index in [4.69, 9.17) is 16.7 Å². The first-order valence-electron chi connectivity index (χ1n) is 5.74. The lowest BCUT2D eigenvalue weighted by Crippen LogP contribution is -2.32. The van der Waals surface area contributed by atoms with Crippen molar-refractivity contribution in [1.82, 2.24) is 9.78 Å². The summed E-state index contributed by atoms with van der Waals surface area (Å²) in [6.07, 6.45) is 3.57. The monoisotopic (exact) mass is 272 g/mol. The van der Waals surface area contributed by atoms with Gasteiger partial charge in [0.2, 0.25) is 0 Å². The van der Waals surface area contributed by atoms with Crippen molar-refractivity contribution in [3.05, 3.63) is 28.0 Å². The second-order valence-electron chi connectivity index (χ2n) is 4.19. The SMILES string of the molecule is O=c1c(Cl)c(N2C[CH]CC2)cnn1CC(O)CO. The second kappa shape index (κ2) is 5.69. The van der Waals surface area contributed by atoms with E-state index in [0.29, 0.717) is 5.69 Å². The zero-order valence-corrected chi connectivity index (χ0v) is 10.5. The lowest BCUT2D eigenvalue weighted by molar-refractivity contribution is 0.0770. The highest BCUT2D eigenvalue weighted by Crippen LogP contribution is 2.24. The highest BCUT2D eigenvalue weighted by Gasteiger charge is 2.19. The van der Waals surface area contributed by atoms with Crippen LogP contribution < -0.4 is 10.5 Å². The van der Waals surface area contributed by atoms with Gasteiger partial charge in [0, 0.05) is 13.1 Å². The molecule has 1 atom stereocenters. The smallest absolute Gasteiger partial charge is 0.287 e. The van der Waals surface area contributed by atoms with E-state index in [1.165, 1.54) is 6.20 Å². The maximum atomic E-state index is 11.9. The van der Waals surface area contributed by atoms with Crippen LogP contribution in [0.5, 0.6) is 0 Å². The quantitative estimate of drug-likeness (QED) is 0.784. The molecular weight excluding hydrogens is 258 g/mol. The number of nitrogens with zero attached hydrogens (tertiary/aromatic N) is 3. The van der Waals surface area contributed by atoms with Gasteiger partial charge in [0.05, 0.1) is 31.1 Å². The van der Waals surface area contributed by atoms with Crippen molar-refractivity contribution in [3.8, 4) is 0 Å². The molecule has 1 radical (unpaired) electrons. The second-order valence-corrected chi connectivity index (χ2v) is 4.57. The number of halogens is 1. The molecule has 18 heavy (non-hydrogen) atoms. The van der Waals surface area contributed by atoms with Crippen molar-refractivity contribution in [1.29, 1.82) is 0 Å². The summed E-state index contributed by atoms with van der Waals surface area (Å²) in [4.78, 5) is 13.9. The van der Waals surface area contributed by atoms with Gasteiger partial charge in [-0.25, -0.2) is 4.68 Å². The molecular formula is C11H15ClN3O3. The number of aromatic nitrogens is 2. The van der Waals surface area contributed by atoms with Crippen LogP contribution in [0.25, 0.3) is 0 Å². The zero-order chi connectivity index (χ0) is 13.1. The van der Waals surface area contributed by atoms with E-state index in [9.17, 15) is 9.90 Å². The largest absolute Gasteiger partial charge is 0.394 e. The molecule has 1 fully saturated rings. The van der Waals surface area contributed by atoms with Crippen LogP contribution in [0.15, 0.2) is 11.0 Å². The Morgan fingerprint density at radius 2 is 2.33 bits per heavy atom. The molecule has 1 aliphatic heterocycles. The molecule has 1 unspecified atom stereocenters. The summed E-state index contributed by atoms with van der Waals surface area (Å²) in [5, 5.41) is 22.1. The van der Waals surface area contributed by atoms with Crippen LogP contribution >= 0.6 is 11.6 Å². The first-order chi connectivity index (χ1) is 8.63. The fourth-order valence-corrected chi connectivity index (χ4v) is 2.13. The van der Waals surface area contributed by atoms with E-state index in [2.05, 4.69) is 11.5 Å². The number of aliphatic hydroxyl groups is 2. The van der Waals surface area contributed by atoms with E-state index >= 15 is 0 Å². The minimum atomic E-state index is -1.02. The average molecular weight is 273 g/mol. The van der Waals surface area contributed by atoms with Gasteiger partial charge in [-0.3, -0.25) is 4.79 Å². The zero-order valence-electron chi connectivity index (χ0n) is 9.79. The van der Waals surface area contributed by atoms with E-state index < -0.39 is 18.3 Å². The van der Waals surface area contributed by atoms with Gasteiger partial charge < -0.3 is 15.1 Å². The van der Waals surface area contributed by atoms with Gasteiger partial charge in [-0.15, -0.1) is 0 Å². The first-order valence-corrected chi connectivity index (χ1v) is 6.12. The van der Waals surface area contributed by atoms with Gasteiger partial charge in [-0.1, -0.05) is 11.6 Å². The van der Waals surface area contributed by atoms with Gasteiger partial charge in [0.15, 0.2) is 0 Å². The molecule has 2 heterocycles. The maximum Gasteiger partial charge on any atom is 0.287 e. The molecule has 0 bridgehead atoms. The van der Waals surface area contributed by atoms with Crippen molar-refractivity contribution >= 4 is 17.3 Å². The predicted molar refractivity (Wildman–Crippen MR) is 67.7 cm³/mol. The Morgan fingerprint density at radius 3 is 2.94 bits per heavy atom. The van der Waals surface area contributed by atoms with Crippen LogP contribution in [0.3, 0.4) is 0 Å². The molecule has 0 aliphatic carbocycles. The average Bonchev–Trinajstić information content (AvgIpc) is 2.88. The van der Waals surface area contributed by atoms with Crippen molar-refractivity contribution < 1.29 is 10.2 Å². The number of aliphatic hydroxyl groups excluding tert-OH is 2. The molecule has 2 N–H and O–H groups in total. The topological polar surface area (TPSA) is 78.6 Å². The van der Waals surface area contributed by atoms with E-state index in [0.717, 1.165) is 24.2 Å². The van der Waals surface area contributed by atoms with Crippen LogP contribution in [0.4, 0.5) is 5.69 Å². The molecule has 7 heteroatoms. The fraction of sp³-hybridized carbons (Fsp3) is 0.545. The lowest BCUT2D eigenvalue weighted by Gasteiger charge is -2.19. The van der Waals surface area contributed by atoms with Crippen LogP contribution in [0, 0.1) is 6.42 Å². The standard InChI is InChI=1S/C11H15ClN3O3/c12-10-9(14-3-1-2-4-14)5-13-15(11(10)18)6-8(17)7-16/h1,5,8,16-17H,2-4,6-7H2. The minimum absolute atomic E-state index is 0.0680. The third-order valence-electron chi connectivity index (χ3n) is 2.85. The van der Waals surface area contributed by atoms with Crippen molar-refractivity contribution in [2.45, 2.75) is 19.1 Å². The Balaban J connectivity index is 2.26. The Morgan fingerprint density at radius 1 is 1.56 bits per heavy atom. The highest BCUT2D eigenvalue weighted by atomic mass is 35.5. The normalized spacial score (nSPS) is 17.2. The number of anilines is 1. The number of rotatable bonds is 4. The summed E-state index contributed by atoms with van der Waals surface area (Å²) in [6.45, 7) is 1.09. The van der Waals surface area contributed by atoms with Crippen LogP contribution in [0.1, 0.15) is 6.42 Å². The molecule has 6 nitrogen and oxygen atoms in total. The van der Waals surface area contributed by atoms with Crippen molar-refractivity contribution in [3.63, 3.8) is 0 Å². The fourth-order valence-electron chi connectivity index (χ4n) is 1.87. The predicted octanol–water partition coefficient (Wildman–Crippen LogP) is -0.336. The summed E-state index contributed by atoms with van der Waals surface area (Å²) >= 11 is 6.03. The van der Waals surface area contributed by atoms with Crippen LogP contribution in [-0.4, -0.2) is 45.8 Å². The van der Waals surface area contributed by atoms with Gasteiger partial charge >= 0.3 is 0 Å². The Kier molecular flexibility index (Phi) is 4.21. The molecule has 0 amide bonds. The van der Waals surface area contributed by atoms with Crippen LogP contribution in [-0.2, 0) is 6.54 Å². The van der Waals surface area contributed by atoms with Gasteiger partial charge in [0.25, 0.3) is 5.56 Å². The molecule has 1 saturated heterocycles. The lowest BCUT2D eigenvalue weighted by atomic mass is 10.3. The molecule has 1 aromatic rings. The van der Waals surface area contributed by atoms with Crippen molar-refractivity contribution in [2.75, 3.05) is 24.6 Å². The van der Waals surface area contributed by atoms with Gasteiger partial charge in [0.1, 0.15) is 5.02 Å². The number of hydrogen-bond donors (Lipinski definition) is 2. The van der Waals surface area contributed by atoms with Crippen LogP contribution in [0.2, 0.25) is 5.02 Å². The van der Waals surface area contributed by atoms with Crippen molar-refractivity contribution in [2.24, 2.45) is 0 Å². The summed E-state index contributed by atoms with van der Waals surface area (Å²) in [5.41, 5.74) is 0.165. The molecule has 99 valence electrons. The highest BCUT2D eigenvalue weighted by molar-refractivity contribution is 6.33. The summed E-state index contributed by atoms with van der Waals surface area (Å²) < 4.78 is 1.06. The molecule has 1 aliphatic rings. The third-order valence-corrected chi connectivity index (χ3v) is 3.21. The maximum absolute atomic E-state index is 11.9. The third kappa shape index (κ3) is 2.66. The Hall–Kier alpha value is -1.11. The van der Waals surface area contributed by atoms with E-state index in [1.807, 2.05) is 4.90 Å². The summed E-state index contributed by atoms with van der Waals surface area (Å²) in [7, 11) is 0. The molecule has 0 saturated carbocycles. The summed E-state index contributed by atoms with van der Waals surface area (Å²) in [5.74, 6) is 0. The van der Waals surface area contributed by atoms with Gasteiger partial charge in [-0.05, 0) is 12.8 Å². The number of hydrogen-bond acceptors (Lipinski definition) is 5. The minimum Gasteiger partial charge on any atom is -0.394 e. The van der Waals surface area contributed by atoms with E-state index in [1.54, 1.807) is 0 Å². The molecule has 2 rings (SSSR count). The Labute approximate surface area is 109 Å². The molecule has 0 aromatic carbocycles. The first kappa shape index (κ1) is 13.3. The molecule has 1 aromatic heterocycles. The molecule has 0 spiro atoms. The van der Waals surface area contributed by atoms with E-state index in [-0.39, 0.29) is 11.6 Å². The summed E-state index contributed by atoms with van der Waals surface area (Å²) in [6, 6.07) is 0.